The number of hydrogen-bond acceptors (Lipinski definition) is 7. The lowest BCUT2D eigenvalue weighted by Crippen LogP contribution is -2.46. The average molecular weight is 435 g/mol. The number of piperazine rings is 1. The van der Waals surface area contributed by atoms with Crippen LogP contribution in [0.15, 0.2) is 41.4 Å². The van der Waals surface area contributed by atoms with Crippen molar-refractivity contribution >= 4 is 22.8 Å². The van der Waals surface area contributed by atoms with Crippen LogP contribution in [0.2, 0.25) is 0 Å². The molecule has 1 saturated heterocycles. The maximum Gasteiger partial charge on any atom is 0.229 e. The van der Waals surface area contributed by atoms with Gasteiger partial charge in [-0.1, -0.05) is 12.1 Å². The van der Waals surface area contributed by atoms with Crippen molar-refractivity contribution in [3.63, 3.8) is 0 Å². The molecule has 0 radical (unpaired) electrons. The van der Waals surface area contributed by atoms with E-state index in [9.17, 15) is 4.79 Å². The van der Waals surface area contributed by atoms with Crippen molar-refractivity contribution in [2.75, 3.05) is 45.1 Å². The van der Waals surface area contributed by atoms with Crippen molar-refractivity contribution in [2.45, 2.75) is 25.7 Å². The highest BCUT2D eigenvalue weighted by molar-refractivity contribution is 5.92. The molecule has 1 saturated carbocycles. The number of nitrogens with zero attached hydrogens (tertiary/aromatic N) is 5. The molecule has 0 bridgehead atoms. The summed E-state index contributed by atoms with van der Waals surface area (Å²) in [5, 5.41) is 3.86. The van der Waals surface area contributed by atoms with Gasteiger partial charge in [0.15, 0.2) is 12.2 Å². The number of carbonyl (C=O) groups is 1. The summed E-state index contributed by atoms with van der Waals surface area (Å²) in [5.41, 5.74) is 1.66. The summed E-state index contributed by atoms with van der Waals surface area (Å²) in [6, 6.07) is 5.82. The molecule has 3 heterocycles. The lowest BCUT2D eigenvalue weighted by molar-refractivity contribution is -0.121. The van der Waals surface area contributed by atoms with Crippen molar-refractivity contribution in [2.24, 2.45) is 11.8 Å². The fraction of sp³-hybridized carbons (Fsp3) is 0.500. The van der Waals surface area contributed by atoms with Crippen LogP contribution in [0.25, 0.3) is 22.2 Å². The molecule has 5 rings (SSSR count). The predicted octanol–water partition coefficient (Wildman–Crippen LogP) is 3.28. The first-order chi connectivity index (χ1) is 15.6. The topological polar surface area (TPSA) is 87.4 Å². The van der Waals surface area contributed by atoms with Crippen LogP contribution in [0.1, 0.15) is 25.7 Å². The number of hydrogen-bond donors (Lipinski definition) is 1. The fourth-order valence-corrected chi connectivity index (χ4v) is 4.81. The van der Waals surface area contributed by atoms with Crippen LogP contribution in [0.5, 0.6) is 0 Å². The van der Waals surface area contributed by atoms with Gasteiger partial charge in [0.25, 0.3) is 0 Å². The number of anilines is 1. The predicted molar refractivity (Wildman–Crippen MR) is 123 cm³/mol. The van der Waals surface area contributed by atoms with E-state index < -0.39 is 0 Å². The molecule has 2 aromatic heterocycles. The Balaban J connectivity index is 1.17. The fourth-order valence-electron chi connectivity index (χ4n) is 4.81. The number of benzene rings is 1. The minimum absolute atomic E-state index is 0.0359. The van der Waals surface area contributed by atoms with E-state index in [0.717, 1.165) is 68.3 Å². The van der Waals surface area contributed by atoms with Gasteiger partial charge < -0.3 is 14.2 Å². The zero-order chi connectivity index (χ0) is 21.9. The van der Waals surface area contributed by atoms with Gasteiger partial charge in [0, 0.05) is 55.8 Å². The molecule has 0 spiro atoms. The summed E-state index contributed by atoms with van der Waals surface area (Å²) in [6.07, 6.45) is 8.93. The molecule has 0 atom stereocenters. The highest BCUT2D eigenvalue weighted by atomic mass is 16.3. The molecule has 1 aliphatic carbocycles. The van der Waals surface area contributed by atoms with Crippen LogP contribution in [-0.2, 0) is 4.79 Å². The highest BCUT2D eigenvalue weighted by Crippen LogP contribution is 2.30. The minimum atomic E-state index is 0.0359. The number of fused-ring (bicyclic) bond motifs is 1. The zero-order valence-electron chi connectivity index (χ0n) is 18.5. The second-order valence-corrected chi connectivity index (χ2v) is 9.14. The molecular formula is C24H30N6O2. The Morgan fingerprint density at radius 3 is 2.69 bits per heavy atom. The standard InChI is InChI=1S/C24H30N6O2/c1-29-8-10-30(11-9-29)15-17-2-4-18(5-3-17)23(31)28-24-26-13-20-7-6-19(12-21(20)27-24)22-14-25-16-32-22/h6-7,12-14,16-18H,2-5,8-11,15H2,1H3,(H,26,27,28,31)/t17-,18-. The minimum Gasteiger partial charge on any atom is -0.444 e. The maximum absolute atomic E-state index is 12.9. The first-order valence-electron chi connectivity index (χ1n) is 11.5. The third-order valence-corrected chi connectivity index (χ3v) is 6.86. The van der Waals surface area contributed by atoms with Crippen molar-refractivity contribution in [1.29, 1.82) is 0 Å². The first-order valence-corrected chi connectivity index (χ1v) is 11.5. The van der Waals surface area contributed by atoms with Gasteiger partial charge in [-0.05, 0) is 44.7 Å². The number of carbonyl (C=O) groups excluding carboxylic acids is 1. The van der Waals surface area contributed by atoms with Gasteiger partial charge in [-0.3, -0.25) is 10.1 Å². The SMILES string of the molecule is CN1CCN(C[C@H]2CC[C@H](C(=O)Nc3ncc4ccc(-c5cnco5)cc4n3)CC2)CC1. The van der Waals surface area contributed by atoms with Crippen molar-refractivity contribution < 1.29 is 9.21 Å². The normalized spacial score (nSPS) is 22.8. The Hall–Kier alpha value is -2.84. The molecule has 2 fully saturated rings. The Labute approximate surface area is 188 Å². The molecule has 32 heavy (non-hydrogen) atoms. The van der Waals surface area contributed by atoms with Gasteiger partial charge in [0.1, 0.15) is 0 Å². The summed E-state index contributed by atoms with van der Waals surface area (Å²) >= 11 is 0. The Morgan fingerprint density at radius 2 is 1.94 bits per heavy atom. The zero-order valence-corrected chi connectivity index (χ0v) is 18.5. The van der Waals surface area contributed by atoms with Gasteiger partial charge in [-0.15, -0.1) is 0 Å². The van der Waals surface area contributed by atoms with E-state index in [1.807, 2.05) is 18.2 Å². The van der Waals surface area contributed by atoms with Crippen LogP contribution in [0.3, 0.4) is 0 Å². The van der Waals surface area contributed by atoms with Gasteiger partial charge in [-0.2, -0.15) is 0 Å². The van der Waals surface area contributed by atoms with Crippen LogP contribution < -0.4 is 5.32 Å². The smallest absolute Gasteiger partial charge is 0.229 e. The van der Waals surface area contributed by atoms with E-state index in [1.165, 1.54) is 12.9 Å². The largest absolute Gasteiger partial charge is 0.444 e. The highest BCUT2D eigenvalue weighted by Gasteiger charge is 2.28. The molecule has 8 heteroatoms. The number of oxazole rings is 1. The molecule has 168 valence electrons. The molecule has 8 nitrogen and oxygen atoms in total. The number of rotatable bonds is 5. The van der Waals surface area contributed by atoms with Crippen molar-refractivity contribution in [1.82, 2.24) is 24.8 Å². The van der Waals surface area contributed by atoms with E-state index in [-0.39, 0.29) is 11.8 Å². The van der Waals surface area contributed by atoms with Crippen molar-refractivity contribution in [3.8, 4) is 11.3 Å². The summed E-state index contributed by atoms with van der Waals surface area (Å²) in [5.74, 6) is 1.82. The second kappa shape index (κ2) is 9.34. The summed E-state index contributed by atoms with van der Waals surface area (Å²) in [4.78, 5) is 30.7. The van der Waals surface area contributed by atoms with E-state index in [0.29, 0.717) is 17.6 Å². The van der Waals surface area contributed by atoms with E-state index in [1.54, 1.807) is 12.4 Å². The molecule has 2 aliphatic rings. The number of likely N-dealkylation sites (N-methyl/N-ethyl adjacent to an activating group) is 1. The number of amides is 1. The number of nitrogens with one attached hydrogen (secondary N) is 1. The Morgan fingerprint density at radius 1 is 1.12 bits per heavy atom. The molecule has 0 unspecified atom stereocenters. The molecule has 1 N–H and O–H groups in total. The summed E-state index contributed by atoms with van der Waals surface area (Å²) in [7, 11) is 2.19. The Bertz CT molecular complexity index is 1050. The lowest BCUT2D eigenvalue weighted by atomic mass is 9.81. The van der Waals surface area contributed by atoms with E-state index in [4.69, 9.17) is 4.42 Å². The van der Waals surface area contributed by atoms with Gasteiger partial charge >= 0.3 is 0 Å². The van der Waals surface area contributed by atoms with Gasteiger partial charge in [-0.25, -0.2) is 15.0 Å². The van der Waals surface area contributed by atoms with Gasteiger partial charge in [0.2, 0.25) is 11.9 Å². The average Bonchev–Trinajstić information content (AvgIpc) is 3.36. The molecular weight excluding hydrogens is 404 g/mol. The summed E-state index contributed by atoms with van der Waals surface area (Å²) < 4.78 is 5.37. The van der Waals surface area contributed by atoms with E-state index in [2.05, 4.69) is 37.1 Å². The molecule has 1 amide bonds. The third kappa shape index (κ3) is 4.81. The quantitative estimate of drug-likeness (QED) is 0.659. The lowest BCUT2D eigenvalue weighted by Gasteiger charge is -2.36. The van der Waals surface area contributed by atoms with Crippen LogP contribution in [0, 0.1) is 11.8 Å². The van der Waals surface area contributed by atoms with Crippen LogP contribution in [-0.4, -0.2) is 70.4 Å². The van der Waals surface area contributed by atoms with Gasteiger partial charge in [0.05, 0.1) is 11.7 Å². The molecule has 3 aromatic rings. The van der Waals surface area contributed by atoms with Crippen LogP contribution in [0.4, 0.5) is 5.95 Å². The Kier molecular flexibility index (Phi) is 6.14. The molecule has 1 aliphatic heterocycles. The second-order valence-electron chi connectivity index (χ2n) is 9.14. The third-order valence-electron chi connectivity index (χ3n) is 6.86. The van der Waals surface area contributed by atoms with Crippen molar-refractivity contribution in [3.05, 3.63) is 37.0 Å². The van der Waals surface area contributed by atoms with Crippen LogP contribution >= 0.6 is 0 Å². The van der Waals surface area contributed by atoms with E-state index >= 15 is 0 Å². The first kappa shape index (κ1) is 21.0. The number of aromatic nitrogens is 3. The summed E-state index contributed by atoms with van der Waals surface area (Å²) in [6.45, 7) is 5.80. The molecule has 1 aromatic carbocycles. The monoisotopic (exact) mass is 434 g/mol. The maximum atomic E-state index is 12.9.